The van der Waals surface area contributed by atoms with Crippen molar-refractivity contribution >= 4 is 0 Å². The molecule has 19 heavy (non-hydrogen) atoms. The molecule has 4 nitrogen and oxygen atoms in total. The van der Waals surface area contributed by atoms with E-state index in [-0.39, 0.29) is 0 Å². The molecule has 1 aromatic rings. The first-order valence-electron chi connectivity index (χ1n) is 6.78. The van der Waals surface area contributed by atoms with Crippen molar-refractivity contribution in [2.24, 2.45) is 5.92 Å². The van der Waals surface area contributed by atoms with Gasteiger partial charge in [0.2, 0.25) is 5.75 Å². The zero-order valence-corrected chi connectivity index (χ0v) is 12.2. The van der Waals surface area contributed by atoms with E-state index in [0.717, 1.165) is 24.0 Å². The van der Waals surface area contributed by atoms with Crippen LogP contribution in [-0.4, -0.2) is 27.9 Å². The van der Waals surface area contributed by atoms with Crippen LogP contribution in [0.2, 0.25) is 0 Å². The lowest BCUT2D eigenvalue weighted by Gasteiger charge is -2.21. The van der Waals surface area contributed by atoms with Crippen molar-refractivity contribution in [1.29, 1.82) is 0 Å². The van der Waals surface area contributed by atoms with Gasteiger partial charge in [0.1, 0.15) is 0 Å². The Morgan fingerprint density at radius 1 is 1.11 bits per heavy atom. The van der Waals surface area contributed by atoms with Gasteiger partial charge in [0.25, 0.3) is 0 Å². The monoisotopic (exact) mass is 265 g/mol. The molecular formula is C15H23NO3. The average molecular weight is 265 g/mol. The molecule has 0 aliphatic heterocycles. The average Bonchev–Trinajstić information content (AvgIpc) is 3.27. The first kappa shape index (κ1) is 14.0. The van der Waals surface area contributed by atoms with Crippen molar-refractivity contribution in [3.8, 4) is 17.2 Å². The Bertz CT molecular complexity index is 404. The van der Waals surface area contributed by atoms with Crippen LogP contribution in [0.1, 0.15) is 31.4 Å². The second kappa shape index (κ2) is 6.15. The SMILES string of the molecule is CCNC(c1cc(OC)c(OC)c(OC)c1)C1CC1. The van der Waals surface area contributed by atoms with E-state index in [9.17, 15) is 0 Å². The topological polar surface area (TPSA) is 39.7 Å². The Morgan fingerprint density at radius 2 is 1.68 bits per heavy atom. The van der Waals surface area contributed by atoms with E-state index in [1.165, 1.54) is 18.4 Å². The third-order valence-corrected chi connectivity index (χ3v) is 3.56. The molecule has 1 saturated carbocycles. The Labute approximate surface area is 115 Å². The Balaban J connectivity index is 2.38. The fourth-order valence-electron chi connectivity index (χ4n) is 2.49. The van der Waals surface area contributed by atoms with Gasteiger partial charge in [0.05, 0.1) is 21.3 Å². The smallest absolute Gasteiger partial charge is 0.203 e. The number of rotatable bonds is 7. The number of hydrogen-bond donors (Lipinski definition) is 1. The van der Waals surface area contributed by atoms with E-state index in [1.54, 1.807) is 21.3 Å². The summed E-state index contributed by atoms with van der Waals surface area (Å²) in [6, 6.07) is 4.47. The highest BCUT2D eigenvalue weighted by molar-refractivity contribution is 5.54. The lowest BCUT2D eigenvalue weighted by atomic mass is 10.0. The maximum Gasteiger partial charge on any atom is 0.203 e. The standard InChI is InChI=1S/C15H23NO3/c1-5-16-14(10-6-7-10)11-8-12(17-2)15(19-4)13(9-11)18-3/h8-10,14,16H,5-7H2,1-4H3. The van der Waals surface area contributed by atoms with Crippen LogP contribution in [0.4, 0.5) is 0 Å². The highest BCUT2D eigenvalue weighted by Gasteiger charge is 2.32. The highest BCUT2D eigenvalue weighted by atomic mass is 16.5. The molecule has 0 saturated heterocycles. The molecule has 0 spiro atoms. The largest absolute Gasteiger partial charge is 0.493 e. The lowest BCUT2D eigenvalue weighted by Crippen LogP contribution is -2.22. The number of benzene rings is 1. The van der Waals surface area contributed by atoms with Gasteiger partial charge < -0.3 is 19.5 Å². The summed E-state index contributed by atoms with van der Waals surface area (Å²) in [6.45, 7) is 3.09. The molecule has 1 unspecified atom stereocenters. The van der Waals surface area contributed by atoms with Gasteiger partial charge in [0.15, 0.2) is 11.5 Å². The molecule has 2 rings (SSSR count). The zero-order valence-electron chi connectivity index (χ0n) is 12.2. The van der Waals surface area contributed by atoms with Gasteiger partial charge in [0, 0.05) is 6.04 Å². The molecule has 1 N–H and O–H groups in total. The molecule has 1 atom stereocenters. The van der Waals surface area contributed by atoms with Crippen molar-refractivity contribution < 1.29 is 14.2 Å². The first-order valence-corrected chi connectivity index (χ1v) is 6.78. The van der Waals surface area contributed by atoms with Crippen molar-refractivity contribution in [2.75, 3.05) is 27.9 Å². The number of ether oxygens (including phenoxy) is 3. The summed E-state index contributed by atoms with van der Waals surface area (Å²) in [7, 11) is 4.93. The molecule has 1 fully saturated rings. The number of methoxy groups -OCH3 is 3. The second-order valence-electron chi connectivity index (χ2n) is 4.83. The fraction of sp³-hybridized carbons (Fsp3) is 0.600. The summed E-state index contributed by atoms with van der Waals surface area (Å²) in [5.41, 5.74) is 1.21. The molecule has 106 valence electrons. The summed E-state index contributed by atoms with van der Waals surface area (Å²) in [4.78, 5) is 0. The predicted molar refractivity (Wildman–Crippen MR) is 75.2 cm³/mol. The lowest BCUT2D eigenvalue weighted by molar-refractivity contribution is 0.322. The van der Waals surface area contributed by atoms with Gasteiger partial charge >= 0.3 is 0 Å². The van der Waals surface area contributed by atoms with Gasteiger partial charge in [-0.3, -0.25) is 0 Å². The molecule has 0 heterocycles. The summed E-state index contributed by atoms with van der Waals surface area (Å²) < 4.78 is 16.2. The zero-order chi connectivity index (χ0) is 13.8. The third kappa shape index (κ3) is 2.95. The molecule has 1 aromatic carbocycles. The first-order chi connectivity index (χ1) is 9.24. The maximum atomic E-state index is 5.42. The molecular weight excluding hydrogens is 242 g/mol. The van der Waals surface area contributed by atoms with E-state index < -0.39 is 0 Å². The summed E-state index contributed by atoms with van der Waals surface area (Å²) in [6.07, 6.45) is 2.57. The second-order valence-corrected chi connectivity index (χ2v) is 4.83. The van der Waals surface area contributed by atoms with Crippen molar-refractivity contribution in [1.82, 2.24) is 5.32 Å². The molecule has 1 aliphatic rings. The molecule has 0 aromatic heterocycles. The summed E-state index contributed by atoms with van der Waals surface area (Å²) in [5, 5.41) is 3.55. The fourth-order valence-corrected chi connectivity index (χ4v) is 2.49. The van der Waals surface area contributed by atoms with Gasteiger partial charge in [-0.25, -0.2) is 0 Å². The predicted octanol–water partition coefficient (Wildman–Crippen LogP) is 2.77. The van der Waals surface area contributed by atoms with E-state index in [4.69, 9.17) is 14.2 Å². The van der Waals surface area contributed by atoms with Crippen LogP contribution in [0, 0.1) is 5.92 Å². The van der Waals surface area contributed by atoms with Crippen LogP contribution >= 0.6 is 0 Å². The quantitative estimate of drug-likeness (QED) is 0.823. The van der Waals surface area contributed by atoms with Crippen LogP contribution in [0.5, 0.6) is 17.2 Å². The minimum absolute atomic E-state index is 0.374. The summed E-state index contributed by atoms with van der Waals surface area (Å²) in [5.74, 6) is 2.82. The maximum absolute atomic E-state index is 5.42. The van der Waals surface area contributed by atoms with Crippen LogP contribution in [0.15, 0.2) is 12.1 Å². The van der Waals surface area contributed by atoms with Crippen LogP contribution < -0.4 is 19.5 Å². The van der Waals surface area contributed by atoms with E-state index in [0.29, 0.717) is 11.8 Å². The minimum atomic E-state index is 0.374. The van der Waals surface area contributed by atoms with Gasteiger partial charge in [-0.1, -0.05) is 6.92 Å². The Morgan fingerprint density at radius 3 is 2.05 bits per heavy atom. The van der Waals surface area contributed by atoms with Crippen LogP contribution in [-0.2, 0) is 0 Å². The van der Waals surface area contributed by atoms with Gasteiger partial charge in [-0.15, -0.1) is 0 Å². The van der Waals surface area contributed by atoms with Crippen molar-refractivity contribution in [2.45, 2.75) is 25.8 Å². The normalized spacial score (nSPS) is 16.0. The van der Waals surface area contributed by atoms with Crippen molar-refractivity contribution in [3.63, 3.8) is 0 Å². The van der Waals surface area contributed by atoms with E-state index >= 15 is 0 Å². The van der Waals surface area contributed by atoms with Gasteiger partial charge in [-0.05, 0) is 43.0 Å². The van der Waals surface area contributed by atoms with E-state index in [1.807, 2.05) is 12.1 Å². The molecule has 1 aliphatic carbocycles. The van der Waals surface area contributed by atoms with Crippen molar-refractivity contribution in [3.05, 3.63) is 17.7 Å². The molecule has 0 radical (unpaired) electrons. The number of hydrogen-bond acceptors (Lipinski definition) is 4. The molecule has 0 bridgehead atoms. The van der Waals surface area contributed by atoms with Gasteiger partial charge in [-0.2, -0.15) is 0 Å². The molecule has 0 amide bonds. The Hall–Kier alpha value is -1.42. The van der Waals surface area contributed by atoms with Crippen LogP contribution in [0.3, 0.4) is 0 Å². The Kier molecular flexibility index (Phi) is 4.53. The highest BCUT2D eigenvalue weighted by Crippen LogP contribution is 2.45. The minimum Gasteiger partial charge on any atom is -0.493 e. The van der Waals surface area contributed by atoms with Crippen LogP contribution in [0.25, 0.3) is 0 Å². The number of nitrogens with one attached hydrogen (secondary N) is 1. The van der Waals surface area contributed by atoms with E-state index in [2.05, 4.69) is 12.2 Å². The summed E-state index contributed by atoms with van der Waals surface area (Å²) >= 11 is 0. The third-order valence-electron chi connectivity index (χ3n) is 3.56. The molecule has 4 heteroatoms.